The van der Waals surface area contributed by atoms with Gasteiger partial charge in [-0.05, 0) is 49.9 Å². The Morgan fingerprint density at radius 1 is 1.05 bits per heavy atom. The summed E-state index contributed by atoms with van der Waals surface area (Å²) in [5.74, 6) is -0.148. The highest BCUT2D eigenvalue weighted by Gasteiger charge is 2.45. The smallest absolute Gasteiger partial charge is 0.369 e. The SMILES string of the molecule is Cc1cc(Nc2ncc3c(n2)N2CCN=C2N(c2c(Cl)cccc2C(F)(F)F)C3=O)ccc1N1CCN(C)CC1. The molecule has 2 aromatic carbocycles. The van der Waals surface area contributed by atoms with Gasteiger partial charge in [0.05, 0.1) is 22.8 Å². The van der Waals surface area contributed by atoms with E-state index in [2.05, 4.69) is 50.1 Å². The lowest BCUT2D eigenvalue weighted by Crippen LogP contribution is -2.51. The van der Waals surface area contributed by atoms with E-state index >= 15 is 0 Å². The second kappa shape index (κ2) is 9.93. The lowest BCUT2D eigenvalue weighted by Gasteiger charge is -2.36. The minimum Gasteiger partial charge on any atom is -0.369 e. The number of benzene rings is 2. The molecule has 208 valence electrons. The number of para-hydroxylation sites is 1. The van der Waals surface area contributed by atoms with Crippen molar-refractivity contribution in [1.82, 2.24) is 14.9 Å². The van der Waals surface area contributed by atoms with Gasteiger partial charge in [0.2, 0.25) is 11.9 Å². The number of hydrogen-bond acceptors (Lipinski definition) is 8. The summed E-state index contributed by atoms with van der Waals surface area (Å²) < 4.78 is 41.7. The average molecular weight is 571 g/mol. The fourth-order valence-electron chi connectivity index (χ4n) is 5.27. The van der Waals surface area contributed by atoms with Crippen LogP contribution in [0.1, 0.15) is 21.5 Å². The summed E-state index contributed by atoms with van der Waals surface area (Å²) in [5, 5.41) is 2.99. The van der Waals surface area contributed by atoms with Gasteiger partial charge < -0.3 is 15.1 Å². The molecule has 3 aliphatic heterocycles. The Bertz CT molecular complexity index is 1520. The summed E-state index contributed by atoms with van der Waals surface area (Å²) in [6.45, 7) is 6.61. The Morgan fingerprint density at radius 2 is 1.82 bits per heavy atom. The number of rotatable bonds is 4. The largest absolute Gasteiger partial charge is 0.418 e. The van der Waals surface area contributed by atoms with Gasteiger partial charge in [-0.2, -0.15) is 18.2 Å². The summed E-state index contributed by atoms with van der Waals surface area (Å²) in [5.41, 5.74) is 1.62. The number of nitrogens with zero attached hydrogens (tertiary/aromatic N) is 7. The van der Waals surface area contributed by atoms with Crippen LogP contribution in [0.3, 0.4) is 0 Å². The van der Waals surface area contributed by atoms with Crippen molar-refractivity contribution in [3.8, 4) is 0 Å². The van der Waals surface area contributed by atoms with Crippen LogP contribution in [0, 0.1) is 6.92 Å². The van der Waals surface area contributed by atoms with Crippen molar-refractivity contribution in [2.24, 2.45) is 4.99 Å². The Kier molecular flexibility index (Phi) is 6.54. The topological polar surface area (TPSA) is 80.2 Å². The number of carbonyl (C=O) groups is 1. The maximum absolute atomic E-state index is 13.9. The molecule has 1 N–H and O–H groups in total. The van der Waals surface area contributed by atoms with Crippen LogP contribution in [0.5, 0.6) is 0 Å². The number of fused-ring (bicyclic) bond motifs is 3. The van der Waals surface area contributed by atoms with Crippen LogP contribution in [0.25, 0.3) is 0 Å². The molecule has 13 heteroatoms. The van der Waals surface area contributed by atoms with Gasteiger partial charge in [0, 0.05) is 50.3 Å². The molecule has 6 rings (SSSR count). The fraction of sp³-hybridized carbons (Fsp3) is 0.333. The normalized spacial score (nSPS) is 17.6. The molecule has 1 aromatic heterocycles. The molecule has 0 saturated carbocycles. The molecular weight excluding hydrogens is 545 g/mol. The third-order valence-electron chi connectivity index (χ3n) is 7.29. The van der Waals surface area contributed by atoms with E-state index < -0.39 is 23.3 Å². The van der Waals surface area contributed by atoms with Gasteiger partial charge in [-0.25, -0.2) is 9.88 Å². The van der Waals surface area contributed by atoms with Crippen LogP contribution in [-0.2, 0) is 6.18 Å². The molecule has 3 aliphatic rings. The first-order chi connectivity index (χ1) is 19.1. The van der Waals surface area contributed by atoms with Crippen molar-refractivity contribution in [1.29, 1.82) is 0 Å². The van der Waals surface area contributed by atoms with Gasteiger partial charge in [-0.1, -0.05) is 17.7 Å². The van der Waals surface area contributed by atoms with Gasteiger partial charge in [0.1, 0.15) is 5.56 Å². The van der Waals surface area contributed by atoms with Gasteiger partial charge in [0.15, 0.2) is 5.82 Å². The number of piperazine rings is 1. The van der Waals surface area contributed by atoms with Gasteiger partial charge >= 0.3 is 6.18 Å². The van der Waals surface area contributed by atoms with Crippen LogP contribution in [0.2, 0.25) is 5.02 Å². The van der Waals surface area contributed by atoms with Crippen LogP contribution in [0.15, 0.2) is 47.6 Å². The van der Waals surface area contributed by atoms with Crippen molar-refractivity contribution in [2.45, 2.75) is 13.1 Å². The van der Waals surface area contributed by atoms with Gasteiger partial charge in [-0.3, -0.25) is 14.7 Å². The molecule has 0 atom stereocenters. The minimum atomic E-state index is -4.73. The van der Waals surface area contributed by atoms with Crippen molar-refractivity contribution in [3.05, 3.63) is 64.3 Å². The lowest BCUT2D eigenvalue weighted by molar-refractivity contribution is -0.137. The number of hydrogen-bond donors (Lipinski definition) is 1. The number of anilines is 5. The first kappa shape index (κ1) is 26.3. The van der Waals surface area contributed by atoms with Crippen molar-refractivity contribution < 1.29 is 18.0 Å². The monoisotopic (exact) mass is 570 g/mol. The quantitative estimate of drug-likeness (QED) is 0.483. The molecule has 4 heterocycles. The summed E-state index contributed by atoms with van der Waals surface area (Å²) in [6, 6.07) is 9.44. The van der Waals surface area contributed by atoms with E-state index in [0.29, 0.717) is 6.54 Å². The van der Waals surface area contributed by atoms with E-state index in [1.54, 1.807) is 4.90 Å². The Labute approximate surface area is 233 Å². The molecule has 1 saturated heterocycles. The lowest BCUT2D eigenvalue weighted by atomic mass is 10.1. The minimum absolute atomic E-state index is 0.0492. The Balaban J connectivity index is 1.31. The molecule has 0 aliphatic carbocycles. The number of aliphatic imine (C=N–C) groups is 1. The van der Waals surface area contributed by atoms with E-state index in [1.807, 2.05) is 12.1 Å². The zero-order valence-corrected chi connectivity index (χ0v) is 22.6. The third kappa shape index (κ3) is 4.60. The number of likely N-dealkylation sites (N-methyl/N-ethyl adjacent to an activating group) is 1. The number of alkyl halides is 3. The maximum atomic E-state index is 13.9. The molecule has 0 bridgehead atoms. The summed E-state index contributed by atoms with van der Waals surface area (Å²) in [7, 11) is 2.12. The molecule has 3 aromatic rings. The molecule has 1 amide bonds. The van der Waals surface area contributed by atoms with E-state index in [1.165, 1.54) is 24.0 Å². The average Bonchev–Trinajstić information content (AvgIpc) is 3.40. The summed E-state index contributed by atoms with van der Waals surface area (Å²) in [4.78, 5) is 34.0. The highest BCUT2D eigenvalue weighted by molar-refractivity contribution is 6.38. The zero-order chi connectivity index (χ0) is 28.2. The molecular formula is C27H26ClF3N8O. The second-order valence-corrected chi connectivity index (χ2v) is 10.4. The number of nitrogens with one attached hydrogen (secondary N) is 1. The van der Waals surface area contributed by atoms with E-state index in [4.69, 9.17) is 11.6 Å². The Hall–Kier alpha value is -3.90. The van der Waals surface area contributed by atoms with Crippen molar-refractivity contribution in [2.75, 3.05) is 66.3 Å². The van der Waals surface area contributed by atoms with Gasteiger partial charge in [0.25, 0.3) is 5.91 Å². The second-order valence-electron chi connectivity index (χ2n) is 9.96. The van der Waals surface area contributed by atoms with Crippen molar-refractivity contribution in [3.63, 3.8) is 0 Å². The maximum Gasteiger partial charge on any atom is 0.418 e. The van der Waals surface area contributed by atoms with Crippen LogP contribution >= 0.6 is 11.6 Å². The van der Waals surface area contributed by atoms with E-state index in [9.17, 15) is 18.0 Å². The van der Waals surface area contributed by atoms with Crippen LogP contribution in [-0.4, -0.2) is 73.1 Å². The first-order valence-electron chi connectivity index (χ1n) is 12.8. The fourth-order valence-corrected chi connectivity index (χ4v) is 5.52. The molecule has 0 spiro atoms. The molecule has 40 heavy (non-hydrogen) atoms. The van der Waals surface area contributed by atoms with Crippen LogP contribution < -0.4 is 20.0 Å². The molecule has 1 fully saturated rings. The molecule has 0 radical (unpaired) electrons. The standard InChI is InChI=1S/C27H26ClF3N8O/c1-16-14-17(6-7-21(16)37-12-10-36(2)11-13-37)34-25-33-15-18-23(35-25)38-9-8-32-26(38)39(24(18)40)22-19(27(29,30)31)4-3-5-20(22)28/h3-7,14-15H,8-13H2,1-2H3,(H,33,34,35). The molecule has 0 unspecified atom stereocenters. The first-order valence-corrected chi connectivity index (χ1v) is 13.2. The number of guanidine groups is 1. The number of aromatic nitrogens is 2. The predicted octanol–water partition coefficient (Wildman–Crippen LogP) is 4.79. The predicted molar refractivity (Wildman–Crippen MR) is 149 cm³/mol. The number of amides is 1. The Morgan fingerprint density at radius 3 is 2.55 bits per heavy atom. The third-order valence-corrected chi connectivity index (χ3v) is 7.59. The zero-order valence-electron chi connectivity index (χ0n) is 21.8. The van der Waals surface area contributed by atoms with E-state index in [-0.39, 0.29) is 34.9 Å². The van der Waals surface area contributed by atoms with Crippen LogP contribution in [0.4, 0.5) is 42.0 Å². The van der Waals surface area contributed by atoms with Crippen molar-refractivity contribution >= 4 is 52.3 Å². The summed E-state index contributed by atoms with van der Waals surface area (Å²) in [6.07, 6.45) is -3.41. The number of aryl methyl sites for hydroxylation is 1. The van der Waals surface area contributed by atoms with Gasteiger partial charge in [-0.15, -0.1) is 0 Å². The highest BCUT2D eigenvalue weighted by atomic mass is 35.5. The summed E-state index contributed by atoms with van der Waals surface area (Å²) >= 11 is 6.23. The van der Waals surface area contributed by atoms with E-state index in [0.717, 1.165) is 48.4 Å². The number of halogens is 4. The highest BCUT2D eigenvalue weighted by Crippen LogP contribution is 2.43. The number of carbonyl (C=O) groups excluding carboxylic acids is 1. The molecule has 9 nitrogen and oxygen atoms in total.